The number of aromatic nitrogens is 2. The zero-order chi connectivity index (χ0) is 13.8. The monoisotopic (exact) mass is 278 g/mol. The molecule has 1 aromatic carbocycles. The van der Waals surface area contributed by atoms with E-state index in [0.29, 0.717) is 17.1 Å². The molecule has 7 heteroatoms. The second-order valence-corrected chi connectivity index (χ2v) is 4.15. The number of nitro groups is 1. The Kier molecular flexibility index (Phi) is 3.91. The average Bonchev–Trinajstić information content (AvgIpc) is 2.39. The summed E-state index contributed by atoms with van der Waals surface area (Å²) >= 11 is 5.80. The van der Waals surface area contributed by atoms with Crippen LogP contribution >= 0.6 is 11.6 Å². The van der Waals surface area contributed by atoms with Crippen molar-refractivity contribution in [2.75, 3.05) is 11.9 Å². The van der Waals surface area contributed by atoms with E-state index in [-0.39, 0.29) is 17.2 Å². The van der Waals surface area contributed by atoms with Crippen LogP contribution in [0.25, 0.3) is 11.3 Å². The van der Waals surface area contributed by atoms with Gasteiger partial charge in [0.05, 0.1) is 4.92 Å². The topological polar surface area (TPSA) is 81.0 Å². The lowest BCUT2D eigenvalue weighted by atomic mass is 10.1. The highest BCUT2D eigenvalue weighted by atomic mass is 35.5. The van der Waals surface area contributed by atoms with Crippen molar-refractivity contribution in [1.82, 2.24) is 9.97 Å². The summed E-state index contributed by atoms with van der Waals surface area (Å²) in [5.74, 6) is 0.215. The predicted molar refractivity (Wildman–Crippen MR) is 73.3 cm³/mol. The van der Waals surface area contributed by atoms with Gasteiger partial charge in [0.25, 0.3) is 0 Å². The highest BCUT2D eigenvalue weighted by molar-refractivity contribution is 6.30. The molecule has 0 bridgehead atoms. The van der Waals surface area contributed by atoms with Crippen LogP contribution in [0, 0.1) is 10.1 Å². The summed E-state index contributed by atoms with van der Waals surface area (Å²) in [4.78, 5) is 18.6. The van der Waals surface area contributed by atoms with Gasteiger partial charge in [0, 0.05) is 17.1 Å². The van der Waals surface area contributed by atoms with E-state index in [1.54, 1.807) is 24.3 Å². The maximum absolute atomic E-state index is 11.2. The lowest BCUT2D eigenvalue weighted by molar-refractivity contribution is -0.383. The second-order valence-electron chi connectivity index (χ2n) is 3.71. The lowest BCUT2D eigenvalue weighted by Gasteiger charge is -2.07. The Balaban J connectivity index is 2.59. The number of nitrogens with zero attached hydrogens (tertiary/aromatic N) is 3. The Labute approximate surface area is 114 Å². The molecular weight excluding hydrogens is 268 g/mol. The van der Waals surface area contributed by atoms with Crippen molar-refractivity contribution in [2.24, 2.45) is 0 Å². The lowest BCUT2D eigenvalue weighted by Crippen LogP contribution is -2.06. The first-order valence-electron chi connectivity index (χ1n) is 5.62. The Morgan fingerprint density at radius 2 is 2.00 bits per heavy atom. The molecular formula is C12H11ClN4O2. The minimum Gasteiger partial charge on any atom is -0.365 e. The van der Waals surface area contributed by atoms with Crippen LogP contribution in [-0.2, 0) is 0 Å². The van der Waals surface area contributed by atoms with Gasteiger partial charge in [-0.15, -0.1) is 0 Å². The summed E-state index contributed by atoms with van der Waals surface area (Å²) < 4.78 is 0. The average molecular weight is 279 g/mol. The number of hydrogen-bond donors (Lipinski definition) is 1. The van der Waals surface area contributed by atoms with Gasteiger partial charge in [0.15, 0.2) is 5.69 Å². The first-order valence-corrected chi connectivity index (χ1v) is 6.00. The molecule has 1 N–H and O–H groups in total. The van der Waals surface area contributed by atoms with Crippen LogP contribution in [0.1, 0.15) is 6.92 Å². The number of rotatable bonds is 4. The van der Waals surface area contributed by atoms with Gasteiger partial charge in [-0.3, -0.25) is 10.1 Å². The molecule has 2 rings (SSSR count). The summed E-state index contributed by atoms with van der Waals surface area (Å²) in [6, 6.07) is 6.70. The fourth-order valence-electron chi connectivity index (χ4n) is 1.67. The van der Waals surface area contributed by atoms with Gasteiger partial charge < -0.3 is 5.32 Å². The highest BCUT2D eigenvalue weighted by Gasteiger charge is 2.23. The molecule has 0 aliphatic heterocycles. The standard InChI is InChI=1S/C12H11ClN4O2/c1-2-14-12-11(17(18)19)10(15-7-16-12)8-3-5-9(13)6-4-8/h3-7H,2H2,1H3,(H,14,15,16). The van der Waals surface area contributed by atoms with Crippen LogP contribution in [-0.4, -0.2) is 21.4 Å². The molecule has 2 aromatic rings. The van der Waals surface area contributed by atoms with E-state index in [1.165, 1.54) is 6.33 Å². The van der Waals surface area contributed by atoms with Gasteiger partial charge in [-0.05, 0) is 19.1 Å². The molecule has 0 aliphatic rings. The Bertz CT molecular complexity index is 601. The van der Waals surface area contributed by atoms with Crippen LogP contribution in [0.4, 0.5) is 11.5 Å². The SMILES string of the molecule is CCNc1ncnc(-c2ccc(Cl)cc2)c1[N+](=O)[O-]. The van der Waals surface area contributed by atoms with Gasteiger partial charge in [-0.25, -0.2) is 9.97 Å². The second kappa shape index (κ2) is 5.62. The fraction of sp³-hybridized carbons (Fsp3) is 0.167. The van der Waals surface area contributed by atoms with E-state index in [0.717, 1.165) is 0 Å². The van der Waals surface area contributed by atoms with E-state index in [1.807, 2.05) is 6.92 Å². The van der Waals surface area contributed by atoms with E-state index in [4.69, 9.17) is 11.6 Å². The molecule has 1 aromatic heterocycles. The van der Waals surface area contributed by atoms with E-state index in [9.17, 15) is 10.1 Å². The maximum Gasteiger partial charge on any atom is 0.337 e. The van der Waals surface area contributed by atoms with Crippen LogP contribution < -0.4 is 5.32 Å². The van der Waals surface area contributed by atoms with Gasteiger partial charge in [0.1, 0.15) is 6.33 Å². The number of nitrogens with one attached hydrogen (secondary N) is 1. The van der Waals surface area contributed by atoms with Crippen LogP contribution in [0.3, 0.4) is 0 Å². The minimum atomic E-state index is -0.484. The number of benzene rings is 1. The molecule has 0 radical (unpaired) electrons. The van der Waals surface area contributed by atoms with Crippen molar-refractivity contribution in [2.45, 2.75) is 6.92 Å². The normalized spacial score (nSPS) is 10.2. The number of halogens is 1. The van der Waals surface area contributed by atoms with Crippen molar-refractivity contribution in [3.05, 3.63) is 45.7 Å². The zero-order valence-electron chi connectivity index (χ0n) is 10.1. The molecule has 0 amide bonds. The molecule has 0 saturated carbocycles. The van der Waals surface area contributed by atoms with Gasteiger partial charge in [-0.1, -0.05) is 23.7 Å². The molecule has 0 atom stereocenters. The zero-order valence-corrected chi connectivity index (χ0v) is 10.9. The largest absolute Gasteiger partial charge is 0.365 e. The molecule has 0 fully saturated rings. The van der Waals surface area contributed by atoms with Gasteiger partial charge in [-0.2, -0.15) is 0 Å². The summed E-state index contributed by atoms with van der Waals surface area (Å²) in [5.41, 5.74) is 0.761. The summed E-state index contributed by atoms with van der Waals surface area (Å²) in [7, 11) is 0. The smallest absolute Gasteiger partial charge is 0.337 e. The molecule has 0 saturated heterocycles. The molecule has 0 spiro atoms. The Morgan fingerprint density at radius 3 is 2.58 bits per heavy atom. The van der Waals surface area contributed by atoms with E-state index < -0.39 is 4.92 Å². The van der Waals surface area contributed by atoms with Crippen molar-refractivity contribution in [3.8, 4) is 11.3 Å². The first kappa shape index (κ1) is 13.2. The third-order valence-corrected chi connectivity index (χ3v) is 2.72. The van der Waals surface area contributed by atoms with Crippen LogP contribution in [0.15, 0.2) is 30.6 Å². The van der Waals surface area contributed by atoms with Crippen molar-refractivity contribution >= 4 is 23.1 Å². The van der Waals surface area contributed by atoms with E-state index in [2.05, 4.69) is 15.3 Å². The summed E-state index contributed by atoms with van der Waals surface area (Å²) in [6.45, 7) is 2.38. The predicted octanol–water partition coefficient (Wildman–Crippen LogP) is 3.14. The van der Waals surface area contributed by atoms with E-state index >= 15 is 0 Å². The molecule has 0 aliphatic carbocycles. The third kappa shape index (κ3) is 2.79. The van der Waals surface area contributed by atoms with Gasteiger partial charge in [0.2, 0.25) is 5.82 Å². The fourth-order valence-corrected chi connectivity index (χ4v) is 1.79. The minimum absolute atomic E-state index is 0.133. The van der Waals surface area contributed by atoms with Crippen molar-refractivity contribution < 1.29 is 4.92 Å². The van der Waals surface area contributed by atoms with Gasteiger partial charge >= 0.3 is 5.69 Å². The first-order chi connectivity index (χ1) is 9.13. The molecule has 98 valence electrons. The van der Waals surface area contributed by atoms with Crippen molar-refractivity contribution in [1.29, 1.82) is 0 Å². The molecule has 0 unspecified atom stereocenters. The highest BCUT2D eigenvalue weighted by Crippen LogP contribution is 2.32. The Hall–Kier alpha value is -2.21. The molecule has 6 nitrogen and oxygen atoms in total. The number of hydrogen-bond acceptors (Lipinski definition) is 5. The quantitative estimate of drug-likeness (QED) is 0.686. The summed E-state index contributed by atoms with van der Waals surface area (Å²) in [5, 5.41) is 14.6. The van der Waals surface area contributed by atoms with Crippen LogP contribution in [0.2, 0.25) is 5.02 Å². The third-order valence-electron chi connectivity index (χ3n) is 2.47. The molecule has 19 heavy (non-hydrogen) atoms. The Morgan fingerprint density at radius 1 is 1.32 bits per heavy atom. The number of anilines is 1. The maximum atomic E-state index is 11.2. The molecule has 1 heterocycles. The summed E-state index contributed by atoms with van der Waals surface area (Å²) in [6.07, 6.45) is 1.30. The van der Waals surface area contributed by atoms with Crippen LogP contribution in [0.5, 0.6) is 0 Å². The van der Waals surface area contributed by atoms with Crippen molar-refractivity contribution in [3.63, 3.8) is 0 Å².